The zero-order valence-corrected chi connectivity index (χ0v) is 16.5. The van der Waals surface area contributed by atoms with Crippen molar-refractivity contribution in [3.8, 4) is 17.2 Å². The first-order chi connectivity index (χ1) is 13.2. The Labute approximate surface area is 164 Å². The van der Waals surface area contributed by atoms with Gasteiger partial charge < -0.3 is 24.4 Å². The van der Waals surface area contributed by atoms with Gasteiger partial charge in [0.15, 0.2) is 22.3 Å². The van der Waals surface area contributed by atoms with Crippen LogP contribution < -0.4 is 14.8 Å². The van der Waals surface area contributed by atoms with Gasteiger partial charge in [0.2, 0.25) is 0 Å². The number of aromatic nitrogens is 1. The summed E-state index contributed by atoms with van der Waals surface area (Å²) in [5.41, 5.74) is 0.0919. The topological polar surface area (TPSA) is 144 Å². The number of phenolic OH excluding ortho intramolecular Hbond substituents is 1. The minimum absolute atomic E-state index is 0.0134. The molecule has 10 nitrogen and oxygen atoms in total. The quantitative estimate of drug-likeness (QED) is 0.609. The number of ether oxygens (including phenoxy) is 3. The second-order valence-corrected chi connectivity index (χ2v) is 5.81. The number of carboxylic acids is 1. The van der Waals surface area contributed by atoms with Crippen LogP contribution in [-0.4, -0.2) is 53.9 Å². The van der Waals surface area contributed by atoms with Crippen molar-refractivity contribution in [3.05, 3.63) is 28.8 Å². The first-order valence-electron chi connectivity index (χ1n) is 7.81. The highest BCUT2D eigenvalue weighted by Crippen LogP contribution is 2.34. The van der Waals surface area contributed by atoms with E-state index in [-0.39, 0.29) is 28.7 Å². The Morgan fingerprint density at radius 1 is 1.18 bits per heavy atom. The number of amides is 1. The Hall–Kier alpha value is -3.34. The predicted molar refractivity (Wildman–Crippen MR) is 101 cm³/mol. The molecule has 0 bridgehead atoms. The van der Waals surface area contributed by atoms with Crippen LogP contribution in [0.3, 0.4) is 0 Å². The van der Waals surface area contributed by atoms with Gasteiger partial charge in [0.05, 0.1) is 26.4 Å². The highest BCUT2D eigenvalue weighted by atomic mass is 32.1. The summed E-state index contributed by atoms with van der Waals surface area (Å²) in [5.74, 6) is -1.68. The maximum atomic E-state index is 12.3. The largest absolute Gasteiger partial charge is 0.507 e. The van der Waals surface area contributed by atoms with E-state index in [0.717, 1.165) is 18.3 Å². The van der Waals surface area contributed by atoms with Crippen molar-refractivity contribution in [1.29, 1.82) is 0 Å². The van der Waals surface area contributed by atoms with Crippen molar-refractivity contribution < 1.29 is 38.8 Å². The molecule has 1 aromatic heterocycles. The van der Waals surface area contributed by atoms with Crippen LogP contribution in [0.4, 0.5) is 5.13 Å². The number of thiazole rings is 1. The maximum absolute atomic E-state index is 12.3. The van der Waals surface area contributed by atoms with Crippen LogP contribution in [0, 0.1) is 0 Å². The summed E-state index contributed by atoms with van der Waals surface area (Å²) in [7, 11) is 2.84. The van der Waals surface area contributed by atoms with Gasteiger partial charge >= 0.3 is 5.97 Å². The van der Waals surface area contributed by atoms with Gasteiger partial charge in [-0.25, -0.2) is 9.78 Å². The summed E-state index contributed by atoms with van der Waals surface area (Å²) in [6, 6.07) is 2.63. The van der Waals surface area contributed by atoms with Gasteiger partial charge in [0.1, 0.15) is 5.75 Å². The fourth-order valence-corrected chi connectivity index (χ4v) is 2.52. The van der Waals surface area contributed by atoms with Gasteiger partial charge in [-0.1, -0.05) is 0 Å². The summed E-state index contributed by atoms with van der Waals surface area (Å²) in [6.07, 6.45) is 0. The SMILES string of the molecule is CC(=O)O.CCOC(=O)c1csc(NC(=O)c2cc(OC)c(OC)cc2O)n1. The molecule has 0 aliphatic carbocycles. The maximum Gasteiger partial charge on any atom is 0.357 e. The number of esters is 1. The molecule has 0 unspecified atom stereocenters. The van der Waals surface area contributed by atoms with Gasteiger partial charge in [-0.05, 0) is 6.92 Å². The van der Waals surface area contributed by atoms with Crippen LogP contribution >= 0.6 is 11.3 Å². The van der Waals surface area contributed by atoms with E-state index in [1.807, 2.05) is 0 Å². The number of carbonyl (C=O) groups is 3. The van der Waals surface area contributed by atoms with E-state index in [2.05, 4.69) is 10.3 Å². The first-order valence-corrected chi connectivity index (χ1v) is 8.69. The lowest BCUT2D eigenvalue weighted by atomic mass is 10.1. The molecular weight excluding hydrogens is 392 g/mol. The van der Waals surface area contributed by atoms with E-state index in [1.165, 1.54) is 31.7 Å². The fourth-order valence-electron chi connectivity index (χ4n) is 1.84. The molecule has 152 valence electrons. The van der Waals surface area contributed by atoms with E-state index >= 15 is 0 Å². The van der Waals surface area contributed by atoms with Crippen molar-refractivity contribution >= 4 is 34.3 Å². The highest BCUT2D eigenvalue weighted by molar-refractivity contribution is 7.14. The first kappa shape index (κ1) is 22.7. The lowest BCUT2D eigenvalue weighted by Gasteiger charge is -2.11. The second kappa shape index (κ2) is 10.7. The van der Waals surface area contributed by atoms with E-state index in [4.69, 9.17) is 24.1 Å². The summed E-state index contributed by atoms with van der Waals surface area (Å²) in [4.78, 5) is 36.8. The van der Waals surface area contributed by atoms with E-state index in [1.54, 1.807) is 6.92 Å². The number of carboxylic acid groups (broad SMARTS) is 1. The molecule has 0 spiro atoms. The standard InChI is InChI=1S/C15H16N2O6S.C2H4O2/c1-4-23-14(20)9-7-24-15(16-9)17-13(19)8-5-11(21-2)12(22-3)6-10(8)18;1-2(3)4/h5-7,18H,4H2,1-3H3,(H,16,17,19);1H3,(H,3,4). The Morgan fingerprint density at radius 2 is 1.75 bits per heavy atom. The zero-order chi connectivity index (χ0) is 21.3. The minimum atomic E-state index is -0.833. The molecule has 0 atom stereocenters. The number of benzene rings is 1. The lowest BCUT2D eigenvalue weighted by molar-refractivity contribution is -0.134. The number of nitrogens with zero attached hydrogens (tertiary/aromatic N) is 1. The molecule has 2 aromatic rings. The predicted octanol–water partition coefficient (Wildman–Crippen LogP) is 2.39. The number of aliphatic carboxylic acids is 1. The fraction of sp³-hybridized carbons (Fsp3) is 0.294. The molecule has 1 amide bonds. The molecule has 0 aliphatic heterocycles. The van der Waals surface area contributed by atoms with Gasteiger partial charge in [-0.2, -0.15) is 0 Å². The van der Waals surface area contributed by atoms with Crippen LogP contribution in [0.15, 0.2) is 17.5 Å². The van der Waals surface area contributed by atoms with Crippen LogP contribution in [0.5, 0.6) is 17.2 Å². The number of anilines is 1. The molecule has 0 saturated heterocycles. The smallest absolute Gasteiger partial charge is 0.357 e. The average Bonchev–Trinajstić information content (AvgIpc) is 3.09. The molecule has 3 N–H and O–H groups in total. The molecule has 1 aromatic carbocycles. The van der Waals surface area contributed by atoms with Gasteiger partial charge in [-0.15, -0.1) is 11.3 Å². The van der Waals surface area contributed by atoms with Crippen LogP contribution in [-0.2, 0) is 9.53 Å². The number of methoxy groups -OCH3 is 2. The molecule has 0 aliphatic rings. The zero-order valence-electron chi connectivity index (χ0n) is 15.6. The summed E-state index contributed by atoms with van der Waals surface area (Å²) in [6.45, 7) is 3.00. The Balaban J connectivity index is 0.000000892. The molecule has 11 heteroatoms. The van der Waals surface area contributed by atoms with Crippen molar-refractivity contribution in [2.24, 2.45) is 0 Å². The number of carbonyl (C=O) groups excluding carboxylic acids is 2. The number of aromatic hydroxyl groups is 1. The van der Waals surface area contributed by atoms with Crippen molar-refractivity contribution in [2.75, 3.05) is 26.1 Å². The van der Waals surface area contributed by atoms with Crippen LogP contribution in [0.25, 0.3) is 0 Å². The second-order valence-electron chi connectivity index (χ2n) is 4.96. The number of nitrogens with one attached hydrogen (secondary N) is 1. The Bertz CT molecular complexity index is 846. The lowest BCUT2D eigenvalue weighted by Crippen LogP contribution is -2.13. The summed E-state index contributed by atoms with van der Waals surface area (Å²) >= 11 is 1.07. The van der Waals surface area contributed by atoms with Crippen molar-refractivity contribution in [3.63, 3.8) is 0 Å². The normalized spacial score (nSPS) is 9.57. The molecule has 0 fully saturated rings. The van der Waals surface area contributed by atoms with Crippen LogP contribution in [0.2, 0.25) is 0 Å². The summed E-state index contributed by atoms with van der Waals surface area (Å²) in [5, 5.41) is 21.6. The Morgan fingerprint density at radius 3 is 2.29 bits per heavy atom. The molecule has 1 heterocycles. The van der Waals surface area contributed by atoms with Gasteiger partial charge in [0.25, 0.3) is 11.9 Å². The number of hydrogen-bond donors (Lipinski definition) is 3. The van der Waals surface area contributed by atoms with E-state index in [9.17, 15) is 14.7 Å². The monoisotopic (exact) mass is 412 g/mol. The molecule has 2 rings (SSSR count). The van der Waals surface area contributed by atoms with Crippen LogP contribution in [0.1, 0.15) is 34.7 Å². The highest BCUT2D eigenvalue weighted by Gasteiger charge is 2.19. The van der Waals surface area contributed by atoms with Crippen molar-refractivity contribution in [2.45, 2.75) is 13.8 Å². The van der Waals surface area contributed by atoms with Gasteiger partial charge in [-0.3, -0.25) is 14.9 Å². The van der Waals surface area contributed by atoms with E-state index in [0.29, 0.717) is 11.5 Å². The Kier molecular flexibility index (Phi) is 8.69. The number of hydrogen-bond acceptors (Lipinski definition) is 9. The van der Waals surface area contributed by atoms with E-state index < -0.39 is 17.8 Å². The average molecular weight is 412 g/mol. The number of rotatable bonds is 6. The molecular formula is C17H20N2O8S. The third-order valence-electron chi connectivity index (χ3n) is 2.96. The minimum Gasteiger partial charge on any atom is -0.507 e. The third kappa shape index (κ3) is 6.43. The van der Waals surface area contributed by atoms with Gasteiger partial charge in [0, 0.05) is 24.4 Å². The summed E-state index contributed by atoms with van der Waals surface area (Å²) < 4.78 is 15.0. The number of phenols is 1. The van der Waals surface area contributed by atoms with Crippen molar-refractivity contribution in [1.82, 2.24) is 4.98 Å². The molecule has 0 radical (unpaired) electrons. The molecule has 0 saturated carbocycles. The molecule has 28 heavy (non-hydrogen) atoms. The third-order valence-corrected chi connectivity index (χ3v) is 3.71.